The van der Waals surface area contributed by atoms with Gasteiger partial charge in [-0.25, -0.2) is 0 Å². The summed E-state index contributed by atoms with van der Waals surface area (Å²) in [6, 6.07) is 0. The fraction of sp³-hybridized carbons (Fsp3) is 0.833. The van der Waals surface area contributed by atoms with Crippen molar-refractivity contribution in [1.29, 1.82) is 0 Å². The number of aromatic nitrogens is 2. The molecule has 1 heterocycles. The lowest BCUT2D eigenvalue weighted by molar-refractivity contribution is -0.0858. The van der Waals surface area contributed by atoms with Crippen LogP contribution < -0.4 is 5.73 Å². The molecule has 5 heteroatoms. The van der Waals surface area contributed by atoms with Crippen LogP contribution in [0.15, 0.2) is 4.52 Å². The molecular formula is C12H19N3O2. The minimum Gasteiger partial charge on any atom is -0.370 e. The van der Waals surface area contributed by atoms with Gasteiger partial charge in [0, 0.05) is 19.1 Å². The van der Waals surface area contributed by atoms with Crippen LogP contribution in [0, 0.1) is 0 Å². The van der Waals surface area contributed by atoms with E-state index >= 15 is 0 Å². The highest BCUT2D eigenvalue weighted by Crippen LogP contribution is 2.43. The smallest absolute Gasteiger partial charge is 0.228 e. The van der Waals surface area contributed by atoms with Crippen LogP contribution in [0.25, 0.3) is 0 Å². The third-order valence-corrected chi connectivity index (χ3v) is 4.28. The Morgan fingerprint density at radius 3 is 2.47 bits per heavy atom. The average molecular weight is 237 g/mol. The predicted octanol–water partition coefficient (Wildman–Crippen LogP) is 1.52. The highest BCUT2D eigenvalue weighted by Gasteiger charge is 2.44. The van der Waals surface area contributed by atoms with E-state index in [1.165, 1.54) is 12.8 Å². The van der Waals surface area contributed by atoms with Crippen molar-refractivity contribution in [3.05, 3.63) is 11.7 Å². The number of rotatable bonds is 4. The van der Waals surface area contributed by atoms with Gasteiger partial charge in [0.1, 0.15) is 5.60 Å². The third kappa shape index (κ3) is 1.77. The maximum atomic E-state index is 6.17. The van der Waals surface area contributed by atoms with Gasteiger partial charge in [-0.15, -0.1) is 0 Å². The van der Waals surface area contributed by atoms with Crippen LogP contribution in [0.3, 0.4) is 0 Å². The molecule has 1 aromatic heterocycles. The summed E-state index contributed by atoms with van der Waals surface area (Å²) in [6.45, 7) is 0. The Morgan fingerprint density at radius 1 is 1.29 bits per heavy atom. The molecule has 0 unspecified atom stereocenters. The van der Waals surface area contributed by atoms with Crippen molar-refractivity contribution >= 4 is 0 Å². The van der Waals surface area contributed by atoms with Gasteiger partial charge in [-0.3, -0.25) is 0 Å². The molecule has 3 rings (SSSR count). The Morgan fingerprint density at radius 2 is 2.00 bits per heavy atom. The largest absolute Gasteiger partial charge is 0.370 e. The molecule has 2 N–H and O–H groups in total. The maximum absolute atomic E-state index is 6.17. The van der Waals surface area contributed by atoms with Gasteiger partial charge in [0.25, 0.3) is 0 Å². The van der Waals surface area contributed by atoms with Crippen molar-refractivity contribution in [2.45, 2.75) is 56.1 Å². The summed E-state index contributed by atoms with van der Waals surface area (Å²) in [6.07, 6.45) is 7.14. The molecule has 0 aromatic carbocycles. The Kier molecular flexibility index (Phi) is 2.48. The molecule has 94 valence electrons. The molecule has 0 radical (unpaired) electrons. The van der Waals surface area contributed by atoms with E-state index in [0.717, 1.165) is 25.7 Å². The molecule has 0 saturated heterocycles. The van der Waals surface area contributed by atoms with Crippen molar-refractivity contribution in [2.24, 2.45) is 5.73 Å². The predicted molar refractivity (Wildman–Crippen MR) is 61.3 cm³/mol. The molecule has 0 aliphatic heterocycles. The molecule has 0 spiro atoms. The Bertz CT molecular complexity index is 402. The van der Waals surface area contributed by atoms with E-state index in [0.29, 0.717) is 18.1 Å². The Balaban J connectivity index is 1.74. The van der Waals surface area contributed by atoms with Gasteiger partial charge in [-0.2, -0.15) is 4.98 Å². The van der Waals surface area contributed by atoms with Crippen LogP contribution in [0.1, 0.15) is 50.2 Å². The molecule has 5 nitrogen and oxygen atoms in total. The van der Waals surface area contributed by atoms with Crippen molar-refractivity contribution < 1.29 is 9.26 Å². The average Bonchev–Trinajstić information content (AvgIpc) is 2.64. The van der Waals surface area contributed by atoms with Gasteiger partial charge in [0.15, 0.2) is 0 Å². The second-order valence-electron chi connectivity index (χ2n) is 5.46. The molecular weight excluding hydrogens is 218 g/mol. The normalized spacial score (nSPS) is 25.1. The zero-order chi connectivity index (χ0) is 11.9. The lowest BCUT2D eigenvalue weighted by Gasteiger charge is -2.37. The minimum absolute atomic E-state index is 0.107. The number of methoxy groups -OCH3 is 1. The highest BCUT2D eigenvalue weighted by atomic mass is 16.5. The third-order valence-electron chi connectivity index (χ3n) is 4.28. The molecule has 0 amide bonds. The van der Waals surface area contributed by atoms with E-state index in [9.17, 15) is 0 Å². The van der Waals surface area contributed by atoms with Gasteiger partial charge < -0.3 is 15.0 Å². The fourth-order valence-electron chi connectivity index (χ4n) is 2.64. The van der Waals surface area contributed by atoms with Gasteiger partial charge in [-0.1, -0.05) is 5.16 Å². The molecule has 17 heavy (non-hydrogen) atoms. The molecule has 2 aliphatic rings. The van der Waals surface area contributed by atoms with E-state index in [1.54, 1.807) is 7.11 Å². The summed E-state index contributed by atoms with van der Waals surface area (Å²) in [4.78, 5) is 4.46. The fourth-order valence-corrected chi connectivity index (χ4v) is 2.64. The summed E-state index contributed by atoms with van der Waals surface area (Å²) >= 11 is 0. The quantitative estimate of drug-likeness (QED) is 0.859. The number of hydrogen-bond acceptors (Lipinski definition) is 5. The maximum Gasteiger partial charge on any atom is 0.228 e. The van der Waals surface area contributed by atoms with Crippen molar-refractivity contribution in [3.63, 3.8) is 0 Å². The van der Waals surface area contributed by atoms with E-state index < -0.39 is 0 Å². The zero-order valence-corrected chi connectivity index (χ0v) is 10.2. The first-order valence-corrected chi connectivity index (χ1v) is 6.33. The SMILES string of the molecule is COC1(c2noc(CC3(N)CCC3)n2)CCC1. The van der Waals surface area contributed by atoms with Gasteiger partial charge in [-0.05, 0) is 38.5 Å². The van der Waals surface area contributed by atoms with Crippen LogP contribution in [0.4, 0.5) is 0 Å². The first kappa shape index (κ1) is 11.2. The second kappa shape index (κ2) is 3.78. The van der Waals surface area contributed by atoms with E-state index in [-0.39, 0.29) is 11.1 Å². The first-order chi connectivity index (χ1) is 8.16. The van der Waals surface area contributed by atoms with Gasteiger partial charge in [0.2, 0.25) is 11.7 Å². The lowest BCUT2D eigenvalue weighted by atomic mass is 9.75. The van der Waals surface area contributed by atoms with E-state index in [2.05, 4.69) is 10.1 Å². The number of hydrogen-bond donors (Lipinski definition) is 1. The van der Waals surface area contributed by atoms with Gasteiger partial charge in [0.05, 0.1) is 0 Å². The summed E-state index contributed by atoms with van der Waals surface area (Å²) in [5, 5.41) is 4.06. The summed E-state index contributed by atoms with van der Waals surface area (Å²) < 4.78 is 10.8. The number of nitrogens with two attached hydrogens (primary N) is 1. The molecule has 2 saturated carbocycles. The van der Waals surface area contributed by atoms with Crippen molar-refractivity contribution in [3.8, 4) is 0 Å². The van der Waals surface area contributed by atoms with Crippen molar-refractivity contribution in [1.82, 2.24) is 10.1 Å². The second-order valence-corrected chi connectivity index (χ2v) is 5.46. The molecule has 2 fully saturated rings. The van der Waals surface area contributed by atoms with Gasteiger partial charge >= 0.3 is 0 Å². The van der Waals surface area contributed by atoms with Crippen LogP contribution in [-0.2, 0) is 16.8 Å². The summed E-state index contributed by atoms with van der Waals surface area (Å²) in [5.41, 5.74) is 5.78. The van der Waals surface area contributed by atoms with Crippen LogP contribution in [-0.4, -0.2) is 22.8 Å². The van der Waals surface area contributed by atoms with Crippen LogP contribution in [0.5, 0.6) is 0 Å². The van der Waals surface area contributed by atoms with E-state index in [4.69, 9.17) is 15.0 Å². The van der Waals surface area contributed by atoms with Crippen LogP contribution in [0.2, 0.25) is 0 Å². The highest BCUT2D eigenvalue weighted by molar-refractivity contribution is 5.08. The summed E-state index contributed by atoms with van der Waals surface area (Å²) in [5.74, 6) is 1.36. The standard InChI is InChI=1S/C12H19N3O2/c1-16-12(6-3-7-12)10-14-9(17-15-10)8-11(13)4-2-5-11/h2-8,13H2,1H3. The van der Waals surface area contributed by atoms with E-state index in [1.807, 2.05) is 0 Å². The monoisotopic (exact) mass is 237 g/mol. The molecule has 1 aromatic rings. The summed E-state index contributed by atoms with van der Waals surface area (Å²) in [7, 11) is 1.71. The van der Waals surface area contributed by atoms with Crippen molar-refractivity contribution in [2.75, 3.05) is 7.11 Å². The Hall–Kier alpha value is -0.940. The molecule has 0 bridgehead atoms. The zero-order valence-electron chi connectivity index (χ0n) is 10.2. The molecule has 0 atom stereocenters. The Labute approximate surface area is 101 Å². The lowest BCUT2D eigenvalue weighted by Crippen LogP contribution is -2.48. The molecule has 2 aliphatic carbocycles. The minimum atomic E-state index is -0.289. The first-order valence-electron chi connectivity index (χ1n) is 6.33. The number of nitrogens with zero attached hydrogens (tertiary/aromatic N) is 2. The topological polar surface area (TPSA) is 74.2 Å². The number of ether oxygens (including phenoxy) is 1. The van der Waals surface area contributed by atoms with Crippen LogP contribution >= 0.6 is 0 Å².